The van der Waals surface area contributed by atoms with Gasteiger partial charge in [-0.05, 0) is 52.3 Å². The molecule has 0 bridgehead atoms. The Hall–Kier alpha value is -3.61. The highest BCUT2D eigenvalue weighted by molar-refractivity contribution is 5.98. The van der Waals surface area contributed by atoms with E-state index in [0.717, 1.165) is 35.1 Å². The number of para-hydroxylation sites is 3. The molecule has 0 saturated heterocycles. The third-order valence-electron chi connectivity index (χ3n) is 5.43. The summed E-state index contributed by atoms with van der Waals surface area (Å²) in [5, 5.41) is 0.933. The maximum atomic E-state index is 13.8. The number of benzene rings is 2. The van der Waals surface area contributed by atoms with Gasteiger partial charge in [0.2, 0.25) is 0 Å². The van der Waals surface area contributed by atoms with Crippen LogP contribution in [0.5, 0.6) is 0 Å². The monoisotopic (exact) mass is 446 g/mol. The van der Waals surface area contributed by atoms with Crippen molar-refractivity contribution in [3.8, 4) is 11.3 Å². The molecule has 0 amide bonds. The van der Waals surface area contributed by atoms with Crippen LogP contribution < -0.4 is 11.0 Å². The predicted octanol–water partition coefficient (Wildman–Crippen LogP) is 4.62. The number of nitrogens with one attached hydrogen (secondary N) is 1. The smallest absolute Gasteiger partial charge is 0.326 e. The summed E-state index contributed by atoms with van der Waals surface area (Å²) in [4.78, 5) is 31.2. The molecule has 172 valence electrons. The summed E-state index contributed by atoms with van der Waals surface area (Å²) in [6.45, 7) is 10.1. The number of esters is 1. The van der Waals surface area contributed by atoms with Crippen LogP contribution in [0.3, 0.4) is 0 Å². The molecule has 2 heterocycles. The summed E-state index contributed by atoms with van der Waals surface area (Å²) < 4.78 is 8.99. The van der Waals surface area contributed by atoms with Gasteiger partial charge < -0.3 is 10.2 Å². The van der Waals surface area contributed by atoms with Gasteiger partial charge in [-0.1, -0.05) is 37.3 Å². The number of carbonyl (C=O) groups is 1. The Bertz CT molecular complexity index is 1390. The first-order valence-electron chi connectivity index (χ1n) is 11.3. The molecule has 7 heteroatoms. The Morgan fingerprint density at radius 1 is 1.06 bits per heavy atom. The number of ether oxygens (including phenoxy) is 1. The Morgan fingerprint density at radius 3 is 2.42 bits per heavy atom. The highest BCUT2D eigenvalue weighted by atomic mass is 16.6. The fraction of sp³-hybridized carbons (Fsp3) is 0.346. The molecule has 0 spiro atoms. The first kappa shape index (κ1) is 22.6. The Labute approximate surface area is 193 Å². The van der Waals surface area contributed by atoms with Gasteiger partial charge in [-0.25, -0.2) is 4.98 Å². The van der Waals surface area contributed by atoms with Crippen molar-refractivity contribution in [3.05, 3.63) is 64.6 Å². The average Bonchev–Trinajstić information content (AvgIpc) is 3.04. The lowest BCUT2D eigenvalue weighted by atomic mass is 10.1. The van der Waals surface area contributed by atoms with E-state index in [1.807, 2.05) is 74.8 Å². The van der Waals surface area contributed by atoms with Gasteiger partial charge in [-0.2, -0.15) is 0 Å². The molecule has 2 aromatic carbocycles. The van der Waals surface area contributed by atoms with Gasteiger partial charge in [0.1, 0.15) is 17.8 Å². The first-order valence-corrected chi connectivity index (χ1v) is 11.3. The fourth-order valence-electron chi connectivity index (χ4n) is 4.11. The van der Waals surface area contributed by atoms with Crippen LogP contribution in [-0.4, -0.2) is 32.3 Å². The number of aromatic nitrogens is 3. The second-order valence-electron chi connectivity index (χ2n) is 9.15. The van der Waals surface area contributed by atoms with E-state index in [9.17, 15) is 9.59 Å². The maximum Gasteiger partial charge on any atom is 0.326 e. The first-order chi connectivity index (χ1) is 15.7. The van der Waals surface area contributed by atoms with E-state index < -0.39 is 11.6 Å². The van der Waals surface area contributed by atoms with E-state index in [1.165, 1.54) is 4.57 Å². The SMILES string of the molecule is CCCNn1c(C)c(-c2nc3ccccc3n(CC(=O)OC(C)(C)C)c2=O)c2ccccc21. The van der Waals surface area contributed by atoms with Crippen molar-refractivity contribution >= 4 is 27.9 Å². The zero-order chi connectivity index (χ0) is 23.8. The van der Waals surface area contributed by atoms with E-state index in [4.69, 9.17) is 9.72 Å². The topological polar surface area (TPSA) is 78.2 Å². The number of nitrogens with zero attached hydrogens (tertiary/aromatic N) is 3. The minimum atomic E-state index is -0.638. The number of carbonyl (C=O) groups excluding carboxylic acids is 1. The molecule has 4 rings (SSSR count). The normalized spacial score (nSPS) is 11.8. The molecular formula is C26H30N4O3. The van der Waals surface area contributed by atoms with Crippen LogP contribution in [0.4, 0.5) is 0 Å². The summed E-state index contributed by atoms with van der Waals surface area (Å²) >= 11 is 0. The van der Waals surface area contributed by atoms with E-state index in [1.54, 1.807) is 6.07 Å². The lowest BCUT2D eigenvalue weighted by Gasteiger charge is -2.20. The molecule has 0 aliphatic rings. The maximum absolute atomic E-state index is 13.8. The lowest BCUT2D eigenvalue weighted by molar-refractivity contribution is -0.155. The minimum absolute atomic E-state index is 0.183. The zero-order valence-corrected chi connectivity index (χ0v) is 19.8. The summed E-state index contributed by atoms with van der Waals surface area (Å²) in [5.74, 6) is -0.462. The summed E-state index contributed by atoms with van der Waals surface area (Å²) in [5.41, 5.74) is 6.68. The van der Waals surface area contributed by atoms with Crippen LogP contribution in [0, 0.1) is 6.92 Å². The molecule has 0 fully saturated rings. The second-order valence-corrected chi connectivity index (χ2v) is 9.15. The molecule has 0 radical (unpaired) electrons. The Balaban J connectivity index is 1.96. The standard InChI is InChI=1S/C26H30N4O3/c1-6-15-27-30-17(2)23(18-11-7-9-13-20(18)30)24-25(32)29(16-22(31)33-26(3,4)5)21-14-10-8-12-19(21)28-24/h7-14,27H,6,15-16H2,1-5H3. The van der Waals surface area contributed by atoms with Crippen molar-refractivity contribution in [1.29, 1.82) is 0 Å². The molecule has 4 aromatic rings. The van der Waals surface area contributed by atoms with Crippen molar-refractivity contribution in [2.75, 3.05) is 12.0 Å². The zero-order valence-electron chi connectivity index (χ0n) is 19.8. The van der Waals surface area contributed by atoms with E-state index in [2.05, 4.69) is 12.3 Å². The van der Waals surface area contributed by atoms with Gasteiger partial charge in [0.25, 0.3) is 5.56 Å². The van der Waals surface area contributed by atoms with Gasteiger partial charge in [0.15, 0.2) is 0 Å². The van der Waals surface area contributed by atoms with Gasteiger partial charge in [0, 0.05) is 23.2 Å². The summed E-state index contributed by atoms with van der Waals surface area (Å²) in [6.07, 6.45) is 0.970. The molecular weight excluding hydrogens is 416 g/mol. The third-order valence-corrected chi connectivity index (χ3v) is 5.43. The van der Waals surface area contributed by atoms with Crippen LogP contribution in [0.15, 0.2) is 53.3 Å². The van der Waals surface area contributed by atoms with Crippen LogP contribution in [-0.2, 0) is 16.1 Å². The molecule has 0 aliphatic carbocycles. The van der Waals surface area contributed by atoms with E-state index in [0.29, 0.717) is 16.7 Å². The van der Waals surface area contributed by atoms with E-state index >= 15 is 0 Å². The van der Waals surface area contributed by atoms with Gasteiger partial charge in [-0.15, -0.1) is 0 Å². The molecule has 7 nitrogen and oxygen atoms in total. The van der Waals surface area contributed by atoms with Crippen molar-refractivity contribution in [2.24, 2.45) is 0 Å². The molecule has 0 aliphatic heterocycles. The van der Waals surface area contributed by atoms with Crippen molar-refractivity contribution in [3.63, 3.8) is 0 Å². The molecule has 0 atom stereocenters. The largest absolute Gasteiger partial charge is 0.459 e. The molecule has 2 aromatic heterocycles. The molecule has 0 unspecified atom stereocenters. The van der Waals surface area contributed by atoms with Crippen molar-refractivity contribution in [1.82, 2.24) is 14.2 Å². The van der Waals surface area contributed by atoms with Gasteiger partial charge >= 0.3 is 5.97 Å². The fourth-order valence-corrected chi connectivity index (χ4v) is 4.11. The lowest BCUT2D eigenvalue weighted by Crippen LogP contribution is -2.32. The van der Waals surface area contributed by atoms with Crippen LogP contribution >= 0.6 is 0 Å². The third kappa shape index (κ3) is 4.35. The molecule has 1 N–H and O–H groups in total. The minimum Gasteiger partial charge on any atom is -0.459 e. The highest BCUT2D eigenvalue weighted by Gasteiger charge is 2.23. The van der Waals surface area contributed by atoms with E-state index in [-0.39, 0.29) is 12.1 Å². The second kappa shape index (κ2) is 8.73. The van der Waals surface area contributed by atoms with Gasteiger partial charge in [-0.3, -0.25) is 18.8 Å². The van der Waals surface area contributed by atoms with Crippen molar-refractivity contribution in [2.45, 2.75) is 53.2 Å². The number of hydrogen-bond acceptors (Lipinski definition) is 5. The van der Waals surface area contributed by atoms with Gasteiger partial charge in [0.05, 0.1) is 16.6 Å². The number of fused-ring (bicyclic) bond motifs is 2. The molecule has 33 heavy (non-hydrogen) atoms. The average molecular weight is 447 g/mol. The van der Waals surface area contributed by atoms with Crippen molar-refractivity contribution < 1.29 is 9.53 Å². The van der Waals surface area contributed by atoms with Crippen LogP contribution in [0.25, 0.3) is 33.2 Å². The highest BCUT2D eigenvalue weighted by Crippen LogP contribution is 2.32. The Morgan fingerprint density at radius 2 is 1.73 bits per heavy atom. The predicted molar refractivity (Wildman–Crippen MR) is 132 cm³/mol. The molecule has 0 saturated carbocycles. The summed E-state index contributed by atoms with van der Waals surface area (Å²) in [6, 6.07) is 15.3. The Kier molecular flexibility index (Phi) is 5.97. The number of rotatable bonds is 6. The van der Waals surface area contributed by atoms with Crippen LogP contribution in [0.1, 0.15) is 39.8 Å². The summed E-state index contributed by atoms with van der Waals surface area (Å²) in [7, 11) is 0. The quantitative estimate of drug-likeness (QED) is 0.437. The number of hydrogen-bond donors (Lipinski definition) is 1. The van der Waals surface area contributed by atoms with Crippen LogP contribution in [0.2, 0.25) is 0 Å².